The highest BCUT2D eigenvalue weighted by molar-refractivity contribution is 9.10. The highest BCUT2D eigenvalue weighted by atomic mass is 79.9. The second kappa shape index (κ2) is 6.71. The van der Waals surface area contributed by atoms with Crippen LogP contribution in [0.3, 0.4) is 0 Å². The maximum Gasteiger partial charge on any atom is 0.255 e. The van der Waals surface area contributed by atoms with Crippen molar-refractivity contribution >= 4 is 21.8 Å². The molecule has 104 valence electrons. The molecule has 0 N–H and O–H groups in total. The van der Waals surface area contributed by atoms with Gasteiger partial charge in [0.1, 0.15) is 0 Å². The summed E-state index contributed by atoms with van der Waals surface area (Å²) < 4.78 is 0.886. The number of halogens is 1. The molecular formula is C17H18BrNO. The number of benzene rings is 2. The van der Waals surface area contributed by atoms with Gasteiger partial charge in [-0.3, -0.25) is 4.79 Å². The quantitative estimate of drug-likeness (QED) is 0.812. The van der Waals surface area contributed by atoms with Gasteiger partial charge in [-0.1, -0.05) is 42.5 Å². The van der Waals surface area contributed by atoms with Gasteiger partial charge in [0, 0.05) is 17.6 Å². The molecule has 2 aromatic rings. The summed E-state index contributed by atoms with van der Waals surface area (Å²) in [4.78, 5) is 14.5. The predicted octanol–water partition coefficient (Wildman–Crippen LogP) is 4.42. The molecule has 0 bridgehead atoms. The van der Waals surface area contributed by atoms with Crippen molar-refractivity contribution in [2.24, 2.45) is 0 Å². The molecule has 2 aromatic carbocycles. The van der Waals surface area contributed by atoms with Crippen LogP contribution in [0.5, 0.6) is 0 Å². The Bertz CT molecular complexity index is 595. The SMILES string of the molecule is CCN(Cc1ccccc1)C(=O)c1cccc(C)c1Br. The van der Waals surface area contributed by atoms with Crippen LogP contribution in [0.4, 0.5) is 0 Å². The Morgan fingerprint density at radius 3 is 2.45 bits per heavy atom. The summed E-state index contributed by atoms with van der Waals surface area (Å²) in [6, 6.07) is 15.8. The van der Waals surface area contributed by atoms with Gasteiger partial charge in [-0.15, -0.1) is 0 Å². The summed E-state index contributed by atoms with van der Waals surface area (Å²) in [6.45, 7) is 5.32. The van der Waals surface area contributed by atoms with Crippen LogP contribution in [0.25, 0.3) is 0 Å². The van der Waals surface area contributed by atoms with Crippen LogP contribution in [-0.2, 0) is 6.54 Å². The van der Waals surface area contributed by atoms with Crippen LogP contribution in [0.15, 0.2) is 53.0 Å². The fraction of sp³-hybridized carbons (Fsp3) is 0.235. The zero-order valence-electron chi connectivity index (χ0n) is 11.8. The summed E-state index contributed by atoms with van der Waals surface area (Å²) >= 11 is 3.52. The lowest BCUT2D eigenvalue weighted by molar-refractivity contribution is 0.0751. The Balaban J connectivity index is 2.23. The molecule has 0 fully saturated rings. The number of rotatable bonds is 4. The molecule has 0 spiro atoms. The minimum absolute atomic E-state index is 0.0620. The van der Waals surface area contributed by atoms with Gasteiger partial charge >= 0.3 is 0 Å². The van der Waals surface area contributed by atoms with E-state index in [1.807, 2.05) is 67.3 Å². The van der Waals surface area contributed by atoms with E-state index in [4.69, 9.17) is 0 Å². The average Bonchev–Trinajstić information content (AvgIpc) is 2.48. The van der Waals surface area contributed by atoms with Crippen LogP contribution in [-0.4, -0.2) is 17.4 Å². The third kappa shape index (κ3) is 3.28. The van der Waals surface area contributed by atoms with Gasteiger partial charge < -0.3 is 4.90 Å². The summed E-state index contributed by atoms with van der Waals surface area (Å²) in [5.74, 6) is 0.0620. The molecule has 2 nitrogen and oxygen atoms in total. The molecule has 0 aromatic heterocycles. The number of aryl methyl sites for hydroxylation is 1. The molecule has 0 aliphatic carbocycles. The van der Waals surface area contributed by atoms with E-state index >= 15 is 0 Å². The molecule has 3 heteroatoms. The number of carbonyl (C=O) groups excluding carboxylic acids is 1. The van der Waals surface area contributed by atoms with Crippen molar-refractivity contribution in [3.05, 3.63) is 69.7 Å². The molecule has 1 amide bonds. The van der Waals surface area contributed by atoms with Crippen molar-refractivity contribution in [3.8, 4) is 0 Å². The Hall–Kier alpha value is -1.61. The monoisotopic (exact) mass is 331 g/mol. The van der Waals surface area contributed by atoms with Gasteiger partial charge in [0.25, 0.3) is 5.91 Å². The summed E-state index contributed by atoms with van der Waals surface area (Å²) in [5, 5.41) is 0. The van der Waals surface area contributed by atoms with E-state index in [0.29, 0.717) is 13.1 Å². The van der Waals surface area contributed by atoms with Crippen LogP contribution >= 0.6 is 15.9 Å². The zero-order chi connectivity index (χ0) is 14.5. The lowest BCUT2D eigenvalue weighted by Crippen LogP contribution is -2.30. The van der Waals surface area contributed by atoms with Gasteiger partial charge in [-0.05, 0) is 47.0 Å². The van der Waals surface area contributed by atoms with E-state index in [-0.39, 0.29) is 5.91 Å². The van der Waals surface area contributed by atoms with Crippen molar-refractivity contribution in [2.45, 2.75) is 20.4 Å². The second-order valence-electron chi connectivity index (χ2n) is 4.74. The van der Waals surface area contributed by atoms with Crippen LogP contribution in [0.1, 0.15) is 28.4 Å². The minimum atomic E-state index is 0.0620. The maximum atomic E-state index is 12.6. The fourth-order valence-corrected chi connectivity index (χ4v) is 2.55. The van der Waals surface area contributed by atoms with E-state index in [1.54, 1.807) is 0 Å². The normalized spacial score (nSPS) is 10.3. The zero-order valence-corrected chi connectivity index (χ0v) is 13.4. The van der Waals surface area contributed by atoms with E-state index in [1.165, 1.54) is 0 Å². The van der Waals surface area contributed by atoms with E-state index in [9.17, 15) is 4.79 Å². The minimum Gasteiger partial charge on any atom is -0.335 e. The van der Waals surface area contributed by atoms with Crippen molar-refractivity contribution in [2.75, 3.05) is 6.54 Å². The number of hydrogen-bond acceptors (Lipinski definition) is 1. The van der Waals surface area contributed by atoms with Gasteiger partial charge in [-0.2, -0.15) is 0 Å². The standard InChI is InChI=1S/C17H18BrNO/c1-3-19(12-14-9-5-4-6-10-14)17(20)15-11-7-8-13(2)16(15)18/h4-11H,3,12H2,1-2H3. The van der Waals surface area contributed by atoms with Gasteiger partial charge in [0.2, 0.25) is 0 Å². The number of carbonyl (C=O) groups is 1. The molecule has 20 heavy (non-hydrogen) atoms. The van der Waals surface area contributed by atoms with Crippen molar-refractivity contribution < 1.29 is 4.79 Å². The van der Waals surface area contributed by atoms with Crippen molar-refractivity contribution in [1.29, 1.82) is 0 Å². The Kier molecular flexibility index (Phi) is 4.96. The summed E-state index contributed by atoms with van der Waals surface area (Å²) in [7, 11) is 0. The molecule has 0 saturated carbocycles. The maximum absolute atomic E-state index is 12.6. The lowest BCUT2D eigenvalue weighted by atomic mass is 10.1. The van der Waals surface area contributed by atoms with Crippen LogP contribution < -0.4 is 0 Å². The average molecular weight is 332 g/mol. The first kappa shape index (κ1) is 14.8. The second-order valence-corrected chi connectivity index (χ2v) is 5.53. The molecule has 0 heterocycles. The molecule has 0 radical (unpaired) electrons. The van der Waals surface area contributed by atoms with Gasteiger partial charge in [0.05, 0.1) is 5.56 Å². The highest BCUT2D eigenvalue weighted by Crippen LogP contribution is 2.23. The lowest BCUT2D eigenvalue weighted by Gasteiger charge is -2.22. The first-order chi connectivity index (χ1) is 9.63. The first-order valence-corrected chi connectivity index (χ1v) is 7.51. The van der Waals surface area contributed by atoms with E-state index < -0.39 is 0 Å². The smallest absolute Gasteiger partial charge is 0.255 e. The highest BCUT2D eigenvalue weighted by Gasteiger charge is 2.17. The number of nitrogens with zero attached hydrogens (tertiary/aromatic N) is 1. The van der Waals surface area contributed by atoms with Crippen LogP contribution in [0, 0.1) is 6.92 Å². The Labute approximate surface area is 128 Å². The Morgan fingerprint density at radius 1 is 1.10 bits per heavy atom. The summed E-state index contributed by atoms with van der Waals surface area (Å²) in [5.41, 5.74) is 2.95. The third-order valence-electron chi connectivity index (χ3n) is 3.31. The number of hydrogen-bond donors (Lipinski definition) is 0. The predicted molar refractivity (Wildman–Crippen MR) is 85.7 cm³/mol. The summed E-state index contributed by atoms with van der Waals surface area (Å²) in [6.07, 6.45) is 0. The molecule has 0 atom stereocenters. The van der Waals surface area contributed by atoms with E-state index in [2.05, 4.69) is 15.9 Å². The van der Waals surface area contributed by atoms with Gasteiger partial charge in [-0.25, -0.2) is 0 Å². The molecule has 2 rings (SSSR count). The first-order valence-electron chi connectivity index (χ1n) is 6.71. The number of amides is 1. The van der Waals surface area contributed by atoms with Crippen molar-refractivity contribution in [1.82, 2.24) is 4.90 Å². The molecular weight excluding hydrogens is 314 g/mol. The topological polar surface area (TPSA) is 20.3 Å². The molecule has 0 unspecified atom stereocenters. The van der Waals surface area contributed by atoms with Crippen molar-refractivity contribution in [3.63, 3.8) is 0 Å². The van der Waals surface area contributed by atoms with Gasteiger partial charge in [0.15, 0.2) is 0 Å². The fourth-order valence-electron chi connectivity index (χ4n) is 2.11. The largest absolute Gasteiger partial charge is 0.335 e. The molecule has 0 aliphatic rings. The van der Waals surface area contributed by atoms with Crippen LogP contribution in [0.2, 0.25) is 0 Å². The third-order valence-corrected chi connectivity index (χ3v) is 4.36. The Morgan fingerprint density at radius 2 is 1.80 bits per heavy atom. The molecule has 0 aliphatic heterocycles. The van der Waals surface area contributed by atoms with E-state index in [0.717, 1.165) is 21.2 Å². The molecule has 0 saturated heterocycles.